The van der Waals surface area contributed by atoms with Crippen LogP contribution in [0.4, 0.5) is 0 Å². The topological polar surface area (TPSA) is 43.4 Å². The third-order valence-electron chi connectivity index (χ3n) is 3.92. The third-order valence-corrected chi connectivity index (χ3v) is 5.16. The zero-order chi connectivity index (χ0) is 15.1. The quantitative estimate of drug-likeness (QED) is 0.529. The zero-order valence-corrected chi connectivity index (χ0v) is 13.8. The fraction of sp³-hybridized carbons (Fsp3) is 0.625. The highest BCUT2D eigenvalue weighted by molar-refractivity contribution is 8.13. The number of hydrogen-bond acceptors (Lipinski definition) is 3. The Bertz CT molecular complexity index is 542. The maximum absolute atomic E-state index is 10.8. The van der Waals surface area contributed by atoms with E-state index >= 15 is 0 Å². The molecule has 0 aliphatic heterocycles. The highest BCUT2D eigenvalue weighted by Crippen LogP contribution is 2.32. The van der Waals surface area contributed by atoms with Crippen LogP contribution in [0.2, 0.25) is 0 Å². The van der Waals surface area contributed by atoms with Crippen LogP contribution in [-0.2, 0) is 20.2 Å². The SMILES string of the molecule is O=S(=O)(Cl)CCCCCCOC1CCCc2ccccc21. The molecule has 5 heteroatoms. The lowest BCUT2D eigenvalue weighted by Crippen LogP contribution is -2.13. The van der Waals surface area contributed by atoms with E-state index in [0.717, 1.165) is 38.7 Å². The first-order valence-corrected chi connectivity index (χ1v) is 10.2. The molecule has 0 saturated carbocycles. The molecular weight excluding hydrogens is 308 g/mol. The van der Waals surface area contributed by atoms with E-state index in [2.05, 4.69) is 24.3 Å². The maximum Gasteiger partial charge on any atom is 0.232 e. The van der Waals surface area contributed by atoms with E-state index in [1.54, 1.807) is 0 Å². The van der Waals surface area contributed by atoms with Gasteiger partial charge in [-0.3, -0.25) is 0 Å². The molecule has 0 heterocycles. The summed E-state index contributed by atoms with van der Waals surface area (Å²) < 4.78 is 27.6. The predicted molar refractivity (Wildman–Crippen MR) is 86.2 cm³/mol. The van der Waals surface area contributed by atoms with Crippen LogP contribution in [0.1, 0.15) is 55.8 Å². The molecule has 1 aliphatic carbocycles. The molecule has 0 radical (unpaired) electrons. The van der Waals surface area contributed by atoms with Gasteiger partial charge in [0.1, 0.15) is 0 Å². The minimum absolute atomic E-state index is 0.0748. The maximum atomic E-state index is 10.8. The Kier molecular flexibility index (Phi) is 6.52. The van der Waals surface area contributed by atoms with Crippen molar-refractivity contribution in [3.05, 3.63) is 35.4 Å². The van der Waals surface area contributed by atoms with Gasteiger partial charge in [-0.1, -0.05) is 37.1 Å². The van der Waals surface area contributed by atoms with E-state index < -0.39 is 9.05 Å². The molecule has 1 atom stereocenters. The van der Waals surface area contributed by atoms with Gasteiger partial charge in [0.15, 0.2) is 0 Å². The van der Waals surface area contributed by atoms with Gasteiger partial charge < -0.3 is 4.74 Å². The van der Waals surface area contributed by atoms with Gasteiger partial charge in [0.25, 0.3) is 0 Å². The summed E-state index contributed by atoms with van der Waals surface area (Å²) in [5.41, 5.74) is 2.76. The normalized spacial score (nSPS) is 18.4. The standard InChI is InChI=1S/C16H23ClO3S/c17-21(18,19)13-6-2-1-5-12-20-16-11-7-9-14-8-3-4-10-15(14)16/h3-4,8,10,16H,1-2,5-7,9,11-13H2. The Morgan fingerprint density at radius 3 is 2.71 bits per heavy atom. The van der Waals surface area contributed by atoms with Crippen molar-refractivity contribution >= 4 is 19.7 Å². The number of halogens is 1. The molecule has 0 fully saturated rings. The Hall–Kier alpha value is -0.580. The Morgan fingerprint density at radius 2 is 1.90 bits per heavy atom. The average molecular weight is 331 g/mol. The van der Waals surface area contributed by atoms with E-state index in [-0.39, 0.29) is 11.9 Å². The molecular formula is C16H23ClO3S. The lowest BCUT2D eigenvalue weighted by Gasteiger charge is -2.25. The van der Waals surface area contributed by atoms with Crippen LogP contribution in [-0.4, -0.2) is 20.8 Å². The average Bonchev–Trinajstić information content (AvgIpc) is 2.45. The first-order valence-electron chi connectivity index (χ1n) is 7.68. The number of ether oxygens (including phenoxy) is 1. The number of hydrogen-bond donors (Lipinski definition) is 0. The molecule has 21 heavy (non-hydrogen) atoms. The number of benzene rings is 1. The molecule has 0 amide bonds. The first-order chi connectivity index (χ1) is 10.1. The third kappa shape index (κ3) is 5.97. The van der Waals surface area contributed by atoms with Crippen LogP contribution < -0.4 is 0 Å². The summed E-state index contributed by atoms with van der Waals surface area (Å²) in [6, 6.07) is 8.53. The molecule has 1 aromatic carbocycles. The molecule has 0 saturated heterocycles. The zero-order valence-electron chi connectivity index (χ0n) is 12.3. The molecule has 0 N–H and O–H groups in total. The van der Waals surface area contributed by atoms with Crippen molar-refractivity contribution in [1.29, 1.82) is 0 Å². The molecule has 1 aromatic rings. The van der Waals surface area contributed by atoms with Gasteiger partial charge in [0.2, 0.25) is 9.05 Å². The first kappa shape index (κ1) is 16.8. The van der Waals surface area contributed by atoms with Gasteiger partial charge in [0, 0.05) is 17.3 Å². The van der Waals surface area contributed by atoms with Crippen molar-refractivity contribution in [3.8, 4) is 0 Å². The Labute approximate surface area is 132 Å². The fourth-order valence-electron chi connectivity index (χ4n) is 2.84. The van der Waals surface area contributed by atoms with Gasteiger partial charge in [-0.15, -0.1) is 0 Å². The molecule has 2 rings (SSSR count). The van der Waals surface area contributed by atoms with Crippen LogP contribution >= 0.6 is 10.7 Å². The molecule has 0 spiro atoms. The smallest absolute Gasteiger partial charge is 0.232 e. The molecule has 3 nitrogen and oxygen atoms in total. The van der Waals surface area contributed by atoms with Gasteiger partial charge in [0.05, 0.1) is 11.9 Å². The summed E-state index contributed by atoms with van der Waals surface area (Å²) in [5.74, 6) is 0.0748. The minimum atomic E-state index is -3.33. The summed E-state index contributed by atoms with van der Waals surface area (Å²) >= 11 is 0. The van der Waals surface area contributed by atoms with E-state index in [1.165, 1.54) is 17.5 Å². The van der Waals surface area contributed by atoms with Crippen LogP contribution in [0.3, 0.4) is 0 Å². The van der Waals surface area contributed by atoms with E-state index in [1.807, 2.05) is 0 Å². The summed E-state index contributed by atoms with van der Waals surface area (Å²) in [4.78, 5) is 0. The van der Waals surface area contributed by atoms with Crippen molar-refractivity contribution < 1.29 is 13.2 Å². The van der Waals surface area contributed by atoms with Crippen molar-refractivity contribution in [2.45, 2.75) is 51.0 Å². The predicted octanol–water partition coefficient (Wildman–Crippen LogP) is 4.21. The summed E-state index contributed by atoms with van der Waals surface area (Å²) in [5, 5.41) is 0. The van der Waals surface area contributed by atoms with Crippen LogP contribution in [0.15, 0.2) is 24.3 Å². The molecule has 118 valence electrons. The highest BCUT2D eigenvalue weighted by Gasteiger charge is 2.19. The number of rotatable bonds is 8. The van der Waals surface area contributed by atoms with Gasteiger partial charge in [-0.25, -0.2) is 8.42 Å². The molecule has 1 aliphatic rings. The number of fused-ring (bicyclic) bond motifs is 1. The van der Waals surface area contributed by atoms with E-state index in [9.17, 15) is 8.42 Å². The lowest BCUT2D eigenvalue weighted by atomic mass is 9.89. The summed E-state index contributed by atoms with van der Waals surface area (Å²) in [7, 11) is 1.84. The van der Waals surface area contributed by atoms with Crippen LogP contribution in [0.5, 0.6) is 0 Å². The van der Waals surface area contributed by atoms with E-state index in [0.29, 0.717) is 6.42 Å². The number of unbranched alkanes of at least 4 members (excludes halogenated alkanes) is 3. The Morgan fingerprint density at radius 1 is 1.14 bits per heavy atom. The Balaban J connectivity index is 1.64. The van der Waals surface area contributed by atoms with Crippen molar-refractivity contribution in [2.75, 3.05) is 12.4 Å². The number of aryl methyl sites for hydroxylation is 1. The van der Waals surface area contributed by atoms with Crippen molar-refractivity contribution in [3.63, 3.8) is 0 Å². The van der Waals surface area contributed by atoms with Gasteiger partial charge >= 0.3 is 0 Å². The fourth-order valence-corrected chi connectivity index (χ4v) is 3.71. The minimum Gasteiger partial charge on any atom is -0.374 e. The van der Waals surface area contributed by atoms with Gasteiger partial charge in [-0.05, 0) is 43.2 Å². The monoisotopic (exact) mass is 330 g/mol. The highest BCUT2D eigenvalue weighted by atomic mass is 35.7. The molecule has 0 aromatic heterocycles. The van der Waals surface area contributed by atoms with Crippen LogP contribution in [0.25, 0.3) is 0 Å². The second-order valence-corrected chi connectivity index (χ2v) is 8.50. The van der Waals surface area contributed by atoms with Crippen molar-refractivity contribution in [2.24, 2.45) is 0 Å². The van der Waals surface area contributed by atoms with Crippen molar-refractivity contribution in [1.82, 2.24) is 0 Å². The lowest BCUT2D eigenvalue weighted by molar-refractivity contribution is 0.0383. The van der Waals surface area contributed by atoms with E-state index in [4.69, 9.17) is 15.4 Å². The summed E-state index contributed by atoms with van der Waals surface area (Å²) in [6.45, 7) is 0.743. The second kappa shape index (κ2) is 8.16. The van der Waals surface area contributed by atoms with Gasteiger partial charge in [-0.2, -0.15) is 0 Å². The molecule has 1 unspecified atom stereocenters. The second-order valence-electron chi connectivity index (χ2n) is 5.61. The molecule has 0 bridgehead atoms. The van der Waals surface area contributed by atoms with Crippen LogP contribution in [0, 0.1) is 0 Å². The summed E-state index contributed by atoms with van der Waals surface area (Å²) in [6.07, 6.45) is 7.16. The largest absolute Gasteiger partial charge is 0.374 e.